The van der Waals surface area contributed by atoms with Gasteiger partial charge in [-0.05, 0) is 37.3 Å². The Kier molecular flexibility index (Phi) is 5.04. The molecule has 1 aromatic carbocycles. The zero-order chi connectivity index (χ0) is 15.2. The summed E-state index contributed by atoms with van der Waals surface area (Å²) in [5.41, 5.74) is 1.70. The Morgan fingerprint density at radius 3 is 2.95 bits per heavy atom. The summed E-state index contributed by atoms with van der Waals surface area (Å²) < 4.78 is 1.85. The number of benzene rings is 1. The van der Waals surface area contributed by atoms with Crippen molar-refractivity contribution in [1.29, 1.82) is 0 Å². The first-order valence-corrected chi connectivity index (χ1v) is 6.89. The van der Waals surface area contributed by atoms with Crippen molar-refractivity contribution < 1.29 is 9.90 Å². The molecule has 2 N–H and O–H groups in total. The molecule has 0 aliphatic carbocycles. The van der Waals surface area contributed by atoms with Gasteiger partial charge >= 0.3 is 0 Å². The summed E-state index contributed by atoms with van der Waals surface area (Å²) in [5.74, 6) is 5.12. The topological polar surface area (TPSA) is 54.3 Å². The molecule has 2 aromatic rings. The van der Waals surface area contributed by atoms with Gasteiger partial charge < -0.3 is 15.0 Å². The second-order valence-electron chi connectivity index (χ2n) is 4.28. The third-order valence-electron chi connectivity index (χ3n) is 2.93. The second-order valence-corrected chi connectivity index (χ2v) is 4.72. The zero-order valence-electron chi connectivity index (χ0n) is 11.6. The van der Waals surface area contributed by atoms with Gasteiger partial charge in [0.05, 0.1) is 5.69 Å². The van der Waals surface area contributed by atoms with Crippen LogP contribution in [0.3, 0.4) is 0 Å². The number of carbonyl (C=O) groups excluding carboxylic acids is 1. The van der Waals surface area contributed by atoms with Crippen molar-refractivity contribution in [2.75, 3.05) is 11.9 Å². The highest BCUT2D eigenvalue weighted by Crippen LogP contribution is 2.21. The molecule has 1 aromatic heterocycles. The van der Waals surface area contributed by atoms with Gasteiger partial charge in [0.25, 0.3) is 5.91 Å². The smallest absolute Gasteiger partial charge is 0.272 e. The van der Waals surface area contributed by atoms with Gasteiger partial charge in [0.15, 0.2) is 0 Å². The number of nitrogens with one attached hydrogen (secondary N) is 1. The van der Waals surface area contributed by atoms with E-state index in [0.29, 0.717) is 28.5 Å². The molecule has 0 unspecified atom stereocenters. The third-order valence-corrected chi connectivity index (χ3v) is 3.17. The van der Waals surface area contributed by atoms with Crippen molar-refractivity contribution in [1.82, 2.24) is 4.57 Å². The fourth-order valence-electron chi connectivity index (χ4n) is 1.95. The molecule has 0 fully saturated rings. The van der Waals surface area contributed by atoms with E-state index in [9.17, 15) is 4.79 Å². The van der Waals surface area contributed by atoms with Crippen molar-refractivity contribution in [3.8, 4) is 11.8 Å². The Bertz CT molecular complexity index is 711. The summed E-state index contributed by atoms with van der Waals surface area (Å²) in [6.45, 7) is 2.44. The van der Waals surface area contributed by atoms with Crippen LogP contribution in [-0.4, -0.2) is 22.2 Å². The summed E-state index contributed by atoms with van der Waals surface area (Å²) in [5, 5.41) is 12.1. The van der Waals surface area contributed by atoms with Gasteiger partial charge in [-0.1, -0.05) is 23.4 Å². The standard InChI is InChI=1S/C16H15ClN2O2/c1-2-19-9-3-6-15(19)16(21)18-14-11-13(17)8-7-12(14)5-4-10-20/h3,6-9,11,20H,2,10H2,1H3,(H,18,21). The van der Waals surface area contributed by atoms with Crippen LogP contribution < -0.4 is 5.32 Å². The van der Waals surface area contributed by atoms with Crippen molar-refractivity contribution in [2.24, 2.45) is 0 Å². The normalized spacial score (nSPS) is 9.86. The maximum Gasteiger partial charge on any atom is 0.272 e. The van der Waals surface area contributed by atoms with Crippen LogP contribution in [0.1, 0.15) is 23.0 Å². The van der Waals surface area contributed by atoms with Gasteiger partial charge in [-0.3, -0.25) is 4.79 Å². The Balaban J connectivity index is 2.30. The number of aromatic nitrogens is 1. The Labute approximate surface area is 128 Å². The summed E-state index contributed by atoms with van der Waals surface area (Å²) in [6, 6.07) is 8.61. The first kappa shape index (κ1) is 15.2. The van der Waals surface area contributed by atoms with Crippen LogP contribution in [0.15, 0.2) is 36.5 Å². The highest BCUT2D eigenvalue weighted by molar-refractivity contribution is 6.31. The lowest BCUT2D eigenvalue weighted by Crippen LogP contribution is -2.17. The molecule has 0 atom stereocenters. The SMILES string of the molecule is CCn1cccc1C(=O)Nc1cc(Cl)ccc1C#CCO. The molecule has 4 nitrogen and oxygen atoms in total. The lowest BCUT2D eigenvalue weighted by atomic mass is 10.1. The van der Waals surface area contributed by atoms with Gasteiger partial charge in [0, 0.05) is 23.3 Å². The molecule has 2 rings (SSSR count). The number of hydrogen-bond acceptors (Lipinski definition) is 2. The summed E-state index contributed by atoms with van der Waals surface area (Å²) in [4.78, 5) is 12.3. The number of nitrogens with zero attached hydrogens (tertiary/aromatic N) is 1. The van der Waals surface area contributed by atoms with Crippen molar-refractivity contribution in [3.63, 3.8) is 0 Å². The van der Waals surface area contributed by atoms with Crippen LogP contribution in [0.5, 0.6) is 0 Å². The van der Waals surface area contributed by atoms with E-state index in [2.05, 4.69) is 17.2 Å². The molecule has 0 spiro atoms. The average molecular weight is 303 g/mol. The van der Waals surface area contributed by atoms with E-state index in [0.717, 1.165) is 0 Å². The Morgan fingerprint density at radius 1 is 1.43 bits per heavy atom. The van der Waals surface area contributed by atoms with E-state index in [1.54, 1.807) is 24.3 Å². The number of carbonyl (C=O) groups is 1. The number of halogens is 1. The number of anilines is 1. The van der Waals surface area contributed by atoms with Crippen molar-refractivity contribution >= 4 is 23.2 Å². The van der Waals surface area contributed by atoms with Gasteiger partial charge in [0.2, 0.25) is 0 Å². The molecule has 5 heteroatoms. The molecular formula is C16H15ClN2O2. The van der Waals surface area contributed by atoms with Crippen LogP contribution in [-0.2, 0) is 6.54 Å². The van der Waals surface area contributed by atoms with Crippen LogP contribution in [0, 0.1) is 11.8 Å². The minimum Gasteiger partial charge on any atom is -0.384 e. The molecular weight excluding hydrogens is 288 g/mol. The van der Waals surface area contributed by atoms with Crippen LogP contribution in [0.4, 0.5) is 5.69 Å². The molecule has 1 amide bonds. The van der Waals surface area contributed by atoms with Crippen LogP contribution >= 0.6 is 11.6 Å². The zero-order valence-corrected chi connectivity index (χ0v) is 12.3. The Morgan fingerprint density at radius 2 is 2.24 bits per heavy atom. The van der Waals surface area contributed by atoms with Gasteiger partial charge in [-0.2, -0.15) is 0 Å². The summed E-state index contributed by atoms with van der Waals surface area (Å²) in [6.07, 6.45) is 1.85. The lowest BCUT2D eigenvalue weighted by Gasteiger charge is -2.10. The van der Waals surface area contributed by atoms with Gasteiger partial charge in [-0.15, -0.1) is 0 Å². The summed E-state index contributed by atoms with van der Waals surface area (Å²) >= 11 is 5.96. The number of amides is 1. The van der Waals surface area contributed by atoms with Gasteiger partial charge in [-0.25, -0.2) is 0 Å². The van der Waals surface area contributed by atoms with E-state index in [1.807, 2.05) is 23.8 Å². The average Bonchev–Trinajstić information content (AvgIpc) is 2.95. The van der Waals surface area contributed by atoms with E-state index >= 15 is 0 Å². The minimum atomic E-state index is -0.241. The highest BCUT2D eigenvalue weighted by Gasteiger charge is 2.12. The lowest BCUT2D eigenvalue weighted by molar-refractivity contribution is 0.101. The number of rotatable bonds is 3. The monoisotopic (exact) mass is 302 g/mol. The maximum atomic E-state index is 12.3. The first-order chi connectivity index (χ1) is 10.2. The van der Waals surface area contributed by atoms with Crippen LogP contribution in [0.2, 0.25) is 5.02 Å². The van der Waals surface area contributed by atoms with Crippen LogP contribution in [0.25, 0.3) is 0 Å². The van der Waals surface area contributed by atoms with E-state index < -0.39 is 0 Å². The molecule has 1 heterocycles. The maximum absolute atomic E-state index is 12.3. The van der Waals surface area contributed by atoms with E-state index in [4.69, 9.17) is 16.7 Å². The number of aliphatic hydroxyl groups is 1. The fourth-order valence-corrected chi connectivity index (χ4v) is 2.12. The van der Waals surface area contributed by atoms with Crippen molar-refractivity contribution in [2.45, 2.75) is 13.5 Å². The summed E-state index contributed by atoms with van der Waals surface area (Å²) in [7, 11) is 0. The number of hydrogen-bond donors (Lipinski definition) is 2. The quantitative estimate of drug-likeness (QED) is 0.857. The fraction of sp³-hybridized carbons (Fsp3) is 0.188. The van der Waals surface area contributed by atoms with Crippen molar-refractivity contribution in [3.05, 3.63) is 52.8 Å². The molecule has 0 aliphatic rings. The van der Waals surface area contributed by atoms with E-state index in [1.165, 1.54) is 0 Å². The molecule has 0 aliphatic heterocycles. The molecule has 21 heavy (non-hydrogen) atoms. The predicted molar refractivity (Wildman–Crippen MR) is 83.5 cm³/mol. The largest absolute Gasteiger partial charge is 0.384 e. The van der Waals surface area contributed by atoms with Gasteiger partial charge in [0.1, 0.15) is 12.3 Å². The van der Waals surface area contributed by atoms with E-state index in [-0.39, 0.29) is 12.5 Å². The molecule has 0 bridgehead atoms. The molecule has 0 saturated carbocycles. The predicted octanol–water partition coefficient (Wildman–Crippen LogP) is 2.76. The highest BCUT2D eigenvalue weighted by atomic mass is 35.5. The number of aryl methyl sites for hydroxylation is 1. The first-order valence-electron chi connectivity index (χ1n) is 6.51. The second kappa shape index (κ2) is 6.98. The molecule has 108 valence electrons. The molecule has 0 saturated heterocycles. The minimum absolute atomic E-state index is 0.226. The Hall–Kier alpha value is -2.22. The molecule has 0 radical (unpaired) electrons. The third kappa shape index (κ3) is 3.66. The number of aliphatic hydroxyl groups excluding tert-OH is 1.